The molecule has 22 heavy (non-hydrogen) atoms. The van der Waals surface area contributed by atoms with Crippen molar-refractivity contribution >= 4 is 11.2 Å². The van der Waals surface area contributed by atoms with E-state index in [1.165, 1.54) is 0 Å². The first-order chi connectivity index (χ1) is 10.9. The molecular weight excluding hydrogens is 278 g/mol. The Morgan fingerprint density at radius 3 is 2.73 bits per heavy atom. The fourth-order valence-corrected chi connectivity index (χ4v) is 2.10. The van der Waals surface area contributed by atoms with Gasteiger partial charge in [0, 0.05) is 11.8 Å². The lowest BCUT2D eigenvalue weighted by molar-refractivity contribution is 0.480. The van der Waals surface area contributed by atoms with Crippen LogP contribution in [0.3, 0.4) is 0 Å². The quantitative estimate of drug-likeness (QED) is 0.626. The summed E-state index contributed by atoms with van der Waals surface area (Å²) in [7, 11) is 0. The third kappa shape index (κ3) is 2.37. The average Bonchev–Trinajstić information content (AvgIpc) is 3.04. The van der Waals surface area contributed by atoms with Crippen LogP contribution in [0.5, 0.6) is 11.5 Å². The highest BCUT2D eigenvalue weighted by Gasteiger charge is 2.07. The summed E-state index contributed by atoms with van der Waals surface area (Å²) < 4.78 is 5.77. The zero-order chi connectivity index (χ0) is 14.8. The zero-order valence-corrected chi connectivity index (χ0v) is 11.5. The lowest BCUT2D eigenvalue weighted by Crippen LogP contribution is -1.92. The molecule has 6 heteroatoms. The molecule has 0 atom stereocenters. The molecule has 0 saturated heterocycles. The van der Waals surface area contributed by atoms with E-state index in [9.17, 15) is 0 Å². The van der Waals surface area contributed by atoms with Crippen molar-refractivity contribution in [1.29, 1.82) is 0 Å². The Morgan fingerprint density at radius 2 is 1.82 bits per heavy atom. The van der Waals surface area contributed by atoms with Gasteiger partial charge in [0.2, 0.25) is 0 Å². The molecule has 1 aromatic carbocycles. The second kappa shape index (κ2) is 5.25. The van der Waals surface area contributed by atoms with Crippen LogP contribution >= 0.6 is 0 Å². The number of H-pyrrole nitrogens is 1. The molecule has 0 radical (unpaired) electrons. The number of hydrogen-bond donors (Lipinski definition) is 1. The number of pyridine rings is 1. The molecule has 0 fully saturated rings. The molecule has 6 nitrogen and oxygen atoms in total. The van der Waals surface area contributed by atoms with Gasteiger partial charge in [0.05, 0.1) is 18.7 Å². The lowest BCUT2D eigenvalue weighted by atomic mass is 10.2. The molecule has 0 amide bonds. The molecule has 0 unspecified atom stereocenters. The van der Waals surface area contributed by atoms with Gasteiger partial charge in [0.1, 0.15) is 17.0 Å². The van der Waals surface area contributed by atoms with Crippen molar-refractivity contribution in [3.63, 3.8) is 0 Å². The fourth-order valence-electron chi connectivity index (χ4n) is 2.10. The maximum absolute atomic E-state index is 5.77. The molecule has 1 N–H and O–H groups in total. The Bertz CT molecular complexity index is 920. The van der Waals surface area contributed by atoms with Crippen LogP contribution in [0, 0.1) is 0 Å². The van der Waals surface area contributed by atoms with Crippen LogP contribution in [0.4, 0.5) is 0 Å². The van der Waals surface area contributed by atoms with Crippen LogP contribution in [0.1, 0.15) is 0 Å². The van der Waals surface area contributed by atoms with Crippen molar-refractivity contribution in [3.8, 4) is 22.9 Å². The van der Waals surface area contributed by atoms with Gasteiger partial charge >= 0.3 is 0 Å². The average molecular weight is 289 g/mol. The first kappa shape index (κ1) is 12.5. The standard InChI is InChI=1S/C16H11N5O/c1-2-4-12(5-3-1)22-13-6-11(7-17-8-13)15-18-9-14-16(21-15)20-10-19-14/h1-10H,(H,18,19,20,21). The van der Waals surface area contributed by atoms with E-state index in [0.717, 1.165) is 16.8 Å². The van der Waals surface area contributed by atoms with Gasteiger partial charge in [-0.2, -0.15) is 0 Å². The van der Waals surface area contributed by atoms with Gasteiger partial charge in [-0.25, -0.2) is 15.0 Å². The Balaban J connectivity index is 1.69. The normalized spacial score (nSPS) is 10.7. The summed E-state index contributed by atoms with van der Waals surface area (Å²) in [5.74, 6) is 1.95. The van der Waals surface area contributed by atoms with Gasteiger partial charge in [0.15, 0.2) is 11.5 Å². The van der Waals surface area contributed by atoms with Gasteiger partial charge in [0.25, 0.3) is 0 Å². The second-order valence-corrected chi connectivity index (χ2v) is 4.66. The third-order valence-corrected chi connectivity index (χ3v) is 3.13. The molecule has 0 aliphatic heterocycles. The van der Waals surface area contributed by atoms with Crippen LogP contribution in [-0.4, -0.2) is 24.9 Å². The van der Waals surface area contributed by atoms with Crippen LogP contribution in [0.2, 0.25) is 0 Å². The zero-order valence-electron chi connectivity index (χ0n) is 11.5. The van der Waals surface area contributed by atoms with Crippen molar-refractivity contribution in [2.45, 2.75) is 0 Å². The van der Waals surface area contributed by atoms with E-state index in [4.69, 9.17) is 4.74 Å². The van der Waals surface area contributed by atoms with Crippen LogP contribution in [0.25, 0.3) is 22.6 Å². The summed E-state index contributed by atoms with van der Waals surface area (Å²) >= 11 is 0. The van der Waals surface area contributed by atoms with Gasteiger partial charge in [-0.1, -0.05) is 18.2 Å². The minimum atomic E-state index is 0.561. The number of para-hydroxylation sites is 1. The van der Waals surface area contributed by atoms with E-state index in [2.05, 4.69) is 24.9 Å². The Hall–Kier alpha value is -3.28. The molecular formula is C16H11N5O. The molecule has 0 aliphatic carbocycles. The van der Waals surface area contributed by atoms with Gasteiger partial charge < -0.3 is 9.72 Å². The summed E-state index contributed by atoms with van der Waals surface area (Å²) in [5, 5.41) is 0. The highest BCUT2D eigenvalue weighted by molar-refractivity contribution is 5.71. The van der Waals surface area contributed by atoms with Crippen molar-refractivity contribution in [1.82, 2.24) is 24.9 Å². The number of aromatic nitrogens is 5. The lowest BCUT2D eigenvalue weighted by Gasteiger charge is -2.06. The van der Waals surface area contributed by atoms with Gasteiger partial charge in [-0.15, -0.1) is 0 Å². The highest BCUT2D eigenvalue weighted by atomic mass is 16.5. The smallest absolute Gasteiger partial charge is 0.181 e. The number of hydrogen-bond acceptors (Lipinski definition) is 5. The predicted molar refractivity (Wildman–Crippen MR) is 81.4 cm³/mol. The maximum Gasteiger partial charge on any atom is 0.181 e. The van der Waals surface area contributed by atoms with Gasteiger partial charge in [-0.3, -0.25) is 4.98 Å². The van der Waals surface area contributed by atoms with E-state index >= 15 is 0 Å². The minimum Gasteiger partial charge on any atom is -0.456 e. The number of rotatable bonds is 3. The monoisotopic (exact) mass is 289 g/mol. The predicted octanol–water partition coefficient (Wildman–Crippen LogP) is 3.21. The second-order valence-electron chi connectivity index (χ2n) is 4.66. The Morgan fingerprint density at radius 1 is 0.909 bits per heavy atom. The van der Waals surface area contributed by atoms with Crippen molar-refractivity contribution in [2.24, 2.45) is 0 Å². The van der Waals surface area contributed by atoms with Crippen molar-refractivity contribution in [2.75, 3.05) is 0 Å². The van der Waals surface area contributed by atoms with Gasteiger partial charge in [-0.05, 0) is 18.2 Å². The fraction of sp³-hybridized carbons (Fsp3) is 0. The SMILES string of the molecule is c1ccc(Oc2cncc(-c3ncc4[nH]cnc4n3)c2)cc1. The molecule has 3 aromatic heterocycles. The largest absolute Gasteiger partial charge is 0.456 e. The number of aromatic amines is 1. The molecule has 0 aliphatic rings. The van der Waals surface area contributed by atoms with E-state index in [0.29, 0.717) is 17.2 Å². The van der Waals surface area contributed by atoms with E-state index in [1.807, 2.05) is 36.4 Å². The number of fused-ring (bicyclic) bond motifs is 1. The summed E-state index contributed by atoms with van der Waals surface area (Å²) in [4.78, 5) is 20.0. The number of benzene rings is 1. The summed E-state index contributed by atoms with van der Waals surface area (Å²) in [6.07, 6.45) is 6.65. The van der Waals surface area contributed by atoms with Crippen LogP contribution < -0.4 is 4.74 Å². The molecule has 4 aromatic rings. The summed E-state index contributed by atoms with van der Waals surface area (Å²) in [5.41, 5.74) is 2.20. The number of nitrogens with zero attached hydrogens (tertiary/aromatic N) is 4. The maximum atomic E-state index is 5.77. The Labute approximate surface area is 125 Å². The number of nitrogens with one attached hydrogen (secondary N) is 1. The molecule has 0 bridgehead atoms. The molecule has 106 valence electrons. The molecule has 4 rings (SSSR count). The van der Waals surface area contributed by atoms with Crippen molar-refractivity contribution in [3.05, 3.63) is 61.3 Å². The van der Waals surface area contributed by atoms with E-state index in [1.54, 1.807) is 24.9 Å². The number of ether oxygens (including phenoxy) is 1. The summed E-state index contributed by atoms with van der Waals surface area (Å²) in [6, 6.07) is 11.4. The van der Waals surface area contributed by atoms with Crippen LogP contribution in [0.15, 0.2) is 61.3 Å². The minimum absolute atomic E-state index is 0.561. The molecule has 0 saturated carbocycles. The first-order valence-electron chi connectivity index (χ1n) is 6.73. The Kier molecular flexibility index (Phi) is 2.97. The highest BCUT2D eigenvalue weighted by Crippen LogP contribution is 2.24. The molecule has 3 heterocycles. The van der Waals surface area contributed by atoms with E-state index in [-0.39, 0.29) is 0 Å². The van der Waals surface area contributed by atoms with Crippen molar-refractivity contribution < 1.29 is 4.74 Å². The summed E-state index contributed by atoms with van der Waals surface area (Å²) in [6.45, 7) is 0. The topological polar surface area (TPSA) is 76.6 Å². The van der Waals surface area contributed by atoms with E-state index < -0.39 is 0 Å². The first-order valence-corrected chi connectivity index (χ1v) is 6.73. The van der Waals surface area contributed by atoms with Crippen LogP contribution in [-0.2, 0) is 0 Å². The third-order valence-electron chi connectivity index (χ3n) is 3.13. The molecule has 0 spiro atoms. The number of imidazole rings is 1.